The summed E-state index contributed by atoms with van der Waals surface area (Å²) in [5.74, 6) is -1.56. The summed E-state index contributed by atoms with van der Waals surface area (Å²) in [5, 5.41) is 15.1. The fraction of sp³-hybridized carbons (Fsp3) is 0.200. The number of hydrogen-bond acceptors (Lipinski definition) is 4. The lowest BCUT2D eigenvalue weighted by Crippen LogP contribution is -2.49. The van der Waals surface area contributed by atoms with Gasteiger partial charge in [-0.2, -0.15) is 0 Å². The summed E-state index contributed by atoms with van der Waals surface area (Å²) >= 11 is 6.27. The first kappa shape index (κ1) is 15.9. The van der Waals surface area contributed by atoms with E-state index in [1.54, 1.807) is 30.3 Å². The first-order chi connectivity index (χ1) is 12.1. The van der Waals surface area contributed by atoms with Gasteiger partial charge in [0, 0.05) is 27.8 Å². The van der Waals surface area contributed by atoms with Crippen molar-refractivity contribution in [3.63, 3.8) is 0 Å². The minimum absolute atomic E-state index is 0.0832. The van der Waals surface area contributed by atoms with Gasteiger partial charge in [0.25, 0.3) is 0 Å². The van der Waals surface area contributed by atoms with E-state index in [-0.39, 0.29) is 17.6 Å². The Morgan fingerprint density at radius 1 is 1.16 bits per heavy atom. The normalized spacial score (nSPS) is 23.5. The van der Waals surface area contributed by atoms with E-state index < -0.39 is 12.0 Å². The van der Waals surface area contributed by atoms with Crippen LogP contribution >= 0.6 is 11.6 Å². The minimum atomic E-state index is -1.16. The van der Waals surface area contributed by atoms with Crippen LogP contribution in [0.5, 0.6) is 0 Å². The van der Waals surface area contributed by atoms with Crippen LogP contribution in [-0.2, 0) is 4.79 Å². The van der Waals surface area contributed by atoms with E-state index in [0.29, 0.717) is 28.3 Å². The zero-order valence-electron chi connectivity index (χ0n) is 13.2. The molecule has 0 amide bonds. The highest BCUT2D eigenvalue weighted by atomic mass is 35.5. The predicted molar refractivity (Wildman–Crippen MR) is 93.7 cm³/mol. The Kier molecular flexibility index (Phi) is 3.85. The molecule has 0 radical (unpaired) electrons. The lowest BCUT2D eigenvalue weighted by Gasteiger charge is -2.38. The minimum Gasteiger partial charge on any atom is -0.548 e. The molecular weight excluding hydrogens is 338 g/mol. The molecule has 2 aromatic rings. The number of carbonyl (C=O) groups is 2. The lowest BCUT2D eigenvalue weighted by molar-refractivity contribution is -0.308. The Morgan fingerprint density at radius 2 is 1.92 bits per heavy atom. The second-order valence-electron chi connectivity index (χ2n) is 6.41. The number of carbonyl (C=O) groups excluding carboxylic acids is 2. The van der Waals surface area contributed by atoms with Gasteiger partial charge in [-0.3, -0.25) is 4.79 Å². The molecule has 0 unspecified atom stereocenters. The summed E-state index contributed by atoms with van der Waals surface area (Å²) < 4.78 is 0. The second-order valence-corrected chi connectivity index (χ2v) is 6.84. The molecule has 0 saturated heterocycles. The summed E-state index contributed by atoms with van der Waals surface area (Å²) in [6.45, 7) is 0. The number of allylic oxidation sites excluding steroid dienone is 2. The van der Waals surface area contributed by atoms with Crippen LogP contribution in [0.1, 0.15) is 33.8 Å². The van der Waals surface area contributed by atoms with Crippen molar-refractivity contribution < 1.29 is 14.7 Å². The topological polar surface area (TPSA) is 69.2 Å². The molecule has 0 saturated carbocycles. The number of nitrogens with one attached hydrogen (secondary N) is 1. The monoisotopic (exact) mass is 352 g/mol. The summed E-state index contributed by atoms with van der Waals surface area (Å²) in [6.07, 6.45) is 4.62. The maximum atomic E-state index is 13.0. The SMILES string of the molecule is O=C(c1ccccc1)c1cc(Cl)cc2c1N[C@@H](C(=O)[O-])[C@@H]1CC=C[C@@H]21. The van der Waals surface area contributed by atoms with Gasteiger partial charge in [0.15, 0.2) is 5.78 Å². The van der Waals surface area contributed by atoms with Crippen LogP contribution in [0.2, 0.25) is 5.02 Å². The van der Waals surface area contributed by atoms with Crippen molar-refractivity contribution in [2.24, 2.45) is 5.92 Å². The average Bonchev–Trinajstić information content (AvgIpc) is 3.10. The molecule has 0 aromatic heterocycles. The van der Waals surface area contributed by atoms with Crippen LogP contribution in [0.4, 0.5) is 5.69 Å². The van der Waals surface area contributed by atoms with Crippen LogP contribution in [-0.4, -0.2) is 17.8 Å². The fourth-order valence-electron chi connectivity index (χ4n) is 3.82. The van der Waals surface area contributed by atoms with E-state index in [9.17, 15) is 14.7 Å². The van der Waals surface area contributed by atoms with Crippen LogP contribution < -0.4 is 10.4 Å². The van der Waals surface area contributed by atoms with Crippen molar-refractivity contribution >= 4 is 29.0 Å². The molecule has 4 rings (SSSR count). The molecular formula is C20H15ClNO3-. The summed E-state index contributed by atoms with van der Waals surface area (Å²) in [4.78, 5) is 24.6. The molecule has 0 fully saturated rings. The van der Waals surface area contributed by atoms with Gasteiger partial charge >= 0.3 is 0 Å². The molecule has 4 nitrogen and oxygen atoms in total. The smallest absolute Gasteiger partial charge is 0.195 e. The molecule has 2 aliphatic rings. The Bertz CT molecular complexity index is 891. The van der Waals surface area contributed by atoms with Crippen molar-refractivity contribution in [1.82, 2.24) is 0 Å². The Hall–Kier alpha value is -2.59. The summed E-state index contributed by atoms with van der Waals surface area (Å²) in [6, 6.07) is 11.4. The van der Waals surface area contributed by atoms with Crippen LogP contribution in [0, 0.1) is 5.92 Å². The molecule has 3 atom stereocenters. The molecule has 126 valence electrons. The zero-order valence-corrected chi connectivity index (χ0v) is 14.0. The van der Waals surface area contributed by atoms with Crippen LogP contribution in [0.25, 0.3) is 0 Å². The van der Waals surface area contributed by atoms with Gasteiger partial charge in [0.1, 0.15) is 0 Å². The highest BCUT2D eigenvalue weighted by molar-refractivity contribution is 6.31. The number of hydrogen-bond donors (Lipinski definition) is 1. The Balaban J connectivity index is 1.87. The number of carboxylic acid groups (broad SMARTS) is 1. The van der Waals surface area contributed by atoms with Gasteiger partial charge in [-0.05, 0) is 30.0 Å². The van der Waals surface area contributed by atoms with Gasteiger partial charge in [0.2, 0.25) is 0 Å². The number of rotatable bonds is 3. The molecule has 1 aliphatic heterocycles. The molecule has 25 heavy (non-hydrogen) atoms. The van der Waals surface area contributed by atoms with Crippen molar-refractivity contribution in [2.75, 3.05) is 5.32 Å². The molecule has 5 heteroatoms. The lowest BCUT2D eigenvalue weighted by atomic mass is 9.78. The molecule has 0 spiro atoms. The Labute approximate surface area is 150 Å². The number of carboxylic acids is 1. The molecule has 1 N–H and O–H groups in total. The average molecular weight is 353 g/mol. The number of aliphatic carboxylic acids is 1. The standard InChI is InChI=1S/C20H16ClNO3/c21-12-9-15-13-7-4-8-14(13)18(20(24)25)22-17(15)16(10-12)19(23)11-5-2-1-3-6-11/h1-7,9-10,13-14,18,22H,8H2,(H,24,25)/p-1/t13-,14-,18-/m1/s1. The number of benzene rings is 2. The van der Waals surface area contributed by atoms with Gasteiger partial charge in [-0.1, -0.05) is 54.1 Å². The van der Waals surface area contributed by atoms with Crippen LogP contribution in [0.3, 0.4) is 0 Å². The first-order valence-corrected chi connectivity index (χ1v) is 8.51. The Morgan fingerprint density at radius 3 is 2.64 bits per heavy atom. The van der Waals surface area contributed by atoms with Gasteiger partial charge in [-0.25, -0.2) is 0 Å². The fourth-order valence-corrected chi connectivity index (χ4v) is 4.05. The van der Waals surface area contributed by atoms with E-state index >= 15 is 0 Å². The number of anilines is 1. The van der Waals surface area contributed by atoms with Crippen LogP contribution in [0.15, 0.2) is 54.6 Å². The first-order valence-electron chi connectivity index (χ1n) is 8.13. The quantitative estimate of drug-likeness (QED) is 0.681. The number of halogens is 1. The van der Waals surface area contributed by atoms with Gasteiger partial charge < -0.3 is 15.2 Å². The molecule has 0 bridgehead atoms. The second kappa shape index (κ2) is 6.05. The van der Waals surface area contributed by atoms with Crippen molar-refractivity contribution in [3.8, 4) is 0 Å². The van der Waals surface area contributed by atoms with E-state index in [0.717, 1.165) is 5.56 Å². The largest absolute Gasteiger partial charge is 0.548 e. The highest BCUT2D eigenvalue weighted by Crippen LogP contribution is 2.46. The van der Waals surface area contributed by atoms with Crippen molar-refractivity contribution in [3.05, 3.63) is 76.3 Å². The number of fused-ring (bicyclic) bond motifs is 3. The van der Waals surface area contributed by atoms with E-state index in [1.165, 1.54) is 0 Å². The highest BCUT2D eigenvalue weighted by Gasteiger charge is 2.39. The number of ketones is 1. The van der Waals surface area contributed by atoms with Gasteiger partial charge in [0.05, 0.1) is 12.0 Å². The van der Waals surface area contributed by atoms with E-state index in [2.05, 4.69) is 5.32 Å². The van der Waals surface area contributed by atoms with E-state index in [4.69, 9.17) is 11.6 Å². The third-order valence-electron chi connectivity index (χ3n) is 4.97. The predicted octanol–water partition coefficient (Wildman–Crippen LogP) is 2.77. The summed E-state index contributed by atoms with van der Waals surface area (Å²) in [5.41, 5.74) is 2.32. The van der Waals surface area contributed by atoms with Crippen molar-refractivity contribution in [1.29, 1.82) is 0 Å². The third kappa shape index (κ3) is 2.63. The van der Waals surface area contributed by atoms with E-state index in [1.807, 2.05) is 24.3 Å². The maximum absolute atomic E-state index is 13.0. The molecule has 1 aliphatic carbocycles. The zero-order chi connectivity index (χ0) is 17.6. The third-order valence-corrected chi connectivity index (χ3v) is 5.19. The maximum Gasteiger partial charge on any atom is 0.195 e. The van der Waals surface area contributed by atoms with Gasteiger partial charge in [-0.15, -0.1) is 0 Å². The molecule has 2 aromatic carbocycles. The summed E-state index contributed by atoms with van der Waals surface area (Å²) in [7, 11) is 0. The van der Waals surface area contributed by atoms with Crippen molar-refractivity contribution in [2.45, 2.75) is 18.4 Å². The molecule has 1 heterocycles.